The molecule has 6 aromatic rings. The topological polar surface area (TPSA) is 130 Å². The fourth-order valence-electron chi connectivity index (χ4n) is 6.38. The molecule has 0 spiro atoms. The Balaban J connectivity index is 1.45. The molecular weight excluding hydrogens is 579 g/mol. The summed E-state index contributed by atoms with van der Waals surface area (Å²) >= 11 is 0. The molecule has 5 heterocycles. The van der Waals surface area contributed by atoms with Gasteiger partial charge in [0.2, 0.25) is 5.89 Å². The van der Waals surface area contributed by atoms with Gasteiger partial charge in [-0.1, -0.05) is 0 Å². The average molecular weight is 611 g/mol. The van der Waals surface area contributed by atoms with Crippen LogP contribution >= 0.6 is 0 Å². The van der Waals surface area contributed by atoms with Gasteiger partial charge in [0.15, 0.2) is 17.7 Å². The molecule has 0 radical (unpaired) electrons. The number of aromatic nitrogens is 6. The first-order chi connectivity index (χ1) is 21.7. The maximum Gasteiger partial charge on any atom is 0.337 e. The van der Waals surface area contributed by atoms with E-state index in [-0.39, 0.29) is 18.2 Å². The smallest absolute Gasteiger partial charge is 0.337 e. The van der Waals surface area contributed by atoms with Crippen molar-refractivity contribution < 1.29 is 28.2 Å². The number of nitrogens with zero attached hydrogens (tertiary/aromatic N) is 6. The first kappa shape index (κ1) is 28.7. The molecule has 0 aliphatic carbocycles. The highest BCUT2D eigenvalue weighted by atomic mass is 19.1. The number of aryl methyl sites for hydroxylation is 3. The molecule has 1 aliphatic rings. The van der Waals surface area contributed by atoms with Crippen molar-refractivity contribution in [1.29, 1.82) is 0 Å². The van der Waals surface area contributed by atoms with Crippen LogP contribution in [-0.2, 0) is 30.0 Å². The number of carboxylic acids is 1. The lowest BCUT2D eigenvalue weighted by Crippen LogP contribution is -2.19. The van der Waals surface area contributed by atoms with Crippen LogP contribution in [0.3, 0.4) is 0 Å². The van der Waals surface area contributed by atoms with Crippen molar-refractivity contribution in [3.8, 4) is 39.9 Å². The highest BCUT2D eigenvalue weighted by Gasteiger charge is 2.32. The van der Waals surface area contributed by atoms with Gasteiger partial charge in [-0.2, -0.15) is 5.10 Å². The lowest BCUT2D eigenvalue weighted by atomic mass is 9.87. The van der Waals surface area contributed by atoms with E-state index in [0.29, 0.717) is 58.0 Å². The van der Waals surface area contributed by atoms with Gasteiger partial charge in [-0.25, -0.2) is 14.2 Å². The zero-order valence-corrected chi connectivity index (χ0v) is 25.5. The molecule has 1 atom stereocenters. The Labute approximate surface area is 257 Å². The number of pyridine rings is 1. The van der Waals surface area contributed by atoms with Crippen molar-refractivity contribution in [3.63, 3.8) is 0 Å². The van der Waals surface area contributed by atoms with Crippen LogP contribution in [0, 0.1) is 19.7 Å². The van der Waals surface area contributed by atoms with Crippen molar-refractivity contribution in [2.45, 2.75) is 39.7 Å². The number of ether oxygens (including phenoxy) is 2. The predicted octanol–water partition coefficient (Wildman–Crippen LogP) is 6.09. The standard InChI is InChI=1S/C33H31FN6O5/c1-6-43-29(33(41)42)26-17(3)36-30-22(27(26)21-13-23(34)28-20(16(21)2)8-7-11-44-28)14-25(39(30)4)32-38-37-31(45-32)18-9-10-24-19(12-18)15-35-40(24)5/h9-10,12-15,29H,6-8,11H2,1-5H3,(H,41,42)/t29-/m0/s1. The Kier molecular flexibility index (Phi) is 6.88. The minimum absolute atomic E-state index is 0.162. The van der Waals surface area contributed by atoms with E-state index in [0.717, 1.165) is 34.0 Å². The third-order valence-corrected chi connectivity index (χ3v) is 8.57. The number of hydrogen-bond donors (Lipinski definition) is 1. The van der Waals surface area contributed by atoms with Gasteiger partial charge in [-0.15, -0.1) is 10.2 Å². The van der Waals surface area contributed by atoms with E-state index in [1.165, 1.54) is 6.07 Å². The molecule has 2 aromatic carbocycles. The predicted molar refractivity (Wildman–Crippen MR) is 164 cm³/mol. The summed E-state index contributed by atoms with van der Waals surface area (Å²) < 4.78 is 36.9. The Morgan fingerprint density at radius 2 is 1.96 bits per heavy atom. The van der Waals surface area contributed by atoms with Crippen LogP contribution in [0.25, 0.3) is 56.1 Å². The van der Waals surface area contributed by atoms with E-state index in [2.05, 4.69) is 15.3 Å². The second-order valence-corrected chi connectivity index (χ2v) is 11.2. The third kappa shape index (κ3) is 4.55. The third-order valence-electron chi connectivity index (χ3n) is 8.57. The summed E-state index contributed by atoms with van der Waals surface area (Å²) in [4.78, 5) is 17.4. The largest absolute Gasteiger partial charge is 0.490 e. The highest BCUT2D eigenvalue weighted by Crippen LogP contribution is 2.45. The zero-order valence-electron chi connectivity index (χ0n) is 25.5. The SMILES string of the molecule is CCO[C@H](C(=O)O)c1c(C)nc2c(cc(-c3nnc(-c4ccc5c(cnn5C)c4)o3)n2C)c1-c1cc(F)c2c(c1C)CCCO2. The number of hydrogen-bond acceptors (Lipinski definition) is 8. The van der Waals surface area contributed by atoms with E-state index >= 15 is 4.39 Å². The van der Waals surface area contributed by atoms with Gasteiger partial charge in [0.25, 0.3) is 5.89 Å². The van der Waals surface area contributed by atoms with E-state index in [1.54, 1.807) is 24.7 Å². The van der Waals surface area contributed by atoms with Gasteiger partial charge in [0.05, 0.1) is 18.3 Å². The van der Waals surface area contributed by atoms with Gasteiger partial charge in [-0.05, 0) is 75.1 Å². The molecule has 7 rings (SSSR count). The van der Waals surface area contributed by atoms with Crippen LogP contribution in [0.5, 0.6) is 5.75 Å². The molecule has 0 amide bonds. The van der Waals surface area contributed by atoms with Gasteiger partial charge in [0.1, 0.15) is 11.3 Å². The Bertz CT molecular complexity index is 2150. The lowest BCUT2D eigenvalue weighted by Gasteiger charge is -2.25. The van der Waals surface area contributed by atoms with Gasteiger partial charge in [-0.3, -0.25) is 4.68 Å². The summed E-state index contributed by atoms with van der Waals surface area (Å²) in [6, 6.07) is 9.04. The molecule has 1 aliphatic heterocycles. The summed E-state index contributed by atoms with van der Waals surface area (Å²) in [7, 11) is 3.70. The normalized spacial score (nSPS) is 13.7. The summed E-state index contributed by atoms with van der Waals surface area (Å²) in [5.74, 6) is -0.818. The summed E-state index contributed by atoms with van der Waals surface area (Å²) in [6.45, 7) is 6.00. The highest BCUT2D eigenvalue weighted by molar-refractivity contribution is 6.01. The Morgan fingerprint density at radius 1 is 1.16 bits per heavy atom. The van der Waals surface area contributed by atoms with Crippen LogP contribution in [0.1, 0.15) is 41.8 Å². The second-order valence-electron chi connectivity index (χ2n) is 11.2. The number of halogens is 1. The number of rotatable bonds is 7. The molecule has 4 aromatic heterocycles. The minimum atomic E-state index is -1.32. The first-order valence-corrected chi connectivity index (χ1v) is 14.7. The van der Waals surface area contributed by atoms with Crippen molar-refractivity contribution in [2.75, 3.05) is 13.2 Å². The van der Waals surface area contributed by atoms with Crippen molar-refractivity contribution in [1.82, 2.24) is 29.5 Å². The monoisotopic (exact) mass is 610 g/mol. The van der Waals surface area contributed by atoms with Crippen molar-refractivity contribution >= 4 is 27.9 Å². The molecule has 45 heavy (non-hydrogen) atoms. The maximum atomic E-state index is 15.6. The second kappa shape index (κ2) is 10.8. The zero-order chi connectivity index (χ0) is 31.6. The molecule has 1 N–H and O–H groups in total. The van der Waals surface area contributed by atoms with E-state index in [1.807, 2.05) is 49.9 Å². The number of benzene rings is 2. The summed E-state index contributed by atoms with van der Waals surface area (Å²) in [6.07, 6.45) is 1.86. The molecule has 0 saturated carbocycles. The van der Waals surface area contributed by atoms with Gasteiger partial charge >= 0.3 is 5.97 Å². The number of carboxylic acid groups (broad SMARTS) is 1. The number of carbonyl (C=O) groups is 1. The fraction of sp³-hybridized carbons (Fsp3) is 0.303. The fourth-order valence-corrected chi connectivity index (χ4v) is 6.38. The van der Waals surface area contributed by atoms with E-state index in [9.17, 15) is 9.90 Å². The summed E-state index contributed by atoms with van der Waals surface area (Å²) in [5.41, 5.74) is 6.34. The van der Waals surface area contributed by atoms with Crippen LogP contribution in [-0.4, -0.2) is 53.8 Å². The van der Waals surface area contributed by atoms with Crippen molar-refractivity contribution in [2.24, 2.45) is 14.1 Å². The Morgan fingerprint density at radius 3 is 2.73 bits per heavy atom. The maximum absolute atomic E-state index is 15.6. The number of aliphatic carboxylic acids is 1. The van der Waals surface area contributed by atoms with E-state index in [4.69, 9.17) is 18.9 Å². The molecule has 12 heteroatoms. The average Bonchev–Trinajstić information content (AvgIpc) is 3.75. The Hall–Kier alpha value is -5.10. The van der Waals surface area contributed by atoms with Crippen LogP contribution in [0.2, 0.25) is 0 Å². The molecule has 0 unspecified atom stereocenters. The van der Waals surface area contributed by atoms with Crippen molar-refractivity contribution in [3.05, 3.63) is 64.7 Å². The van der Waals surface area contributed by atoms with Gasteiger partial charge < -0.3 is 23.6 Å². The molecular formula is C33H31FN6O5. The summed E-state index contributed by atoms with van der Waals surface area (Å²) in [5, 5.41) is 24.8. The molecule has 0 fully saturated rings. The molecule has 0 saturated heterocycles. The molecule has 230 valence electrons. The molecule has 11 nitrogen and oxygen atoms in total. The molecule has 0 bridgehead atoms. The van der Waals surface area contributed by atoms with Crippen LogP contribution in [0.4, 0.5) is 4.39 Å². The van der Waals surface area contributed by atoms with Gasteiger partial charge in [0, 0.05) is 59.4 Å². The lowest BCUT2D eigenvalue weighted by molar-refractivity contribution is -0.150. The first-order valence-electron chi connectivity index (χ1n) is 14.7. The minimum Gasteiger partial charge on any atom is -0.490 e. The quantitative estimate of drug-likeness (QED) is 0.228. The van der Waals surface area contributed by atoms with Crippen LogP contribution in [0.15, 0.2) is 40.9 Å². The van der Waals surface area contributed by atoms with Crippen LogP contribution < -0.4 is 4.74 Å². The number of fused-ring (bicyclic) bond motifs is 3. The van der Waals surface area contributed by atoms with E-state index < -0.39 is 17.9 Å².